The highest BCUT2D eigenvalue weighted by Gasteiger charge is 2.27. The van der Waals surface area contributed by atoms with E-state index in [1.807, 2.05) is 42.1 Å². The largest absolute Gasteiger partial charge is 0.480 e. The molecule has 1 aliphatic heterocycles. The van der Waals surface area contributed by atoms with Gasteiger partial charge in [0.1, 0.15) is 6.04 Å². The summed E-state index contributed by atoms with van der Waals surface area (Å²) in [6, 6.07) is 8.29. The van der Waals surface area contributed by atoms with Crippen molar-refractivity contribution < 1.29 is 14.7 Å². The number of benzene rings is 1. The number of hydrogen-bond donors (Lipinski definition) is 2. The number of carboxylic acids is 1. The minimum atomic E-state index is -1.01. The van der Waals surface area contributed by atoms with Gasteiger partial charge in [0.25, 0.3) is 0 Å². The second kappa shape index (κ2) is 7.36. The topological polar surface area (TPSA) is 69.6 Å². The third-order valence-electron chi connectivity index (χ3n) is 3.65. The summed E-state index contributed by atoms with van der Waals surface area (Å²) in [6.07, 6.45) is 1.25. The third-order valence-corrected chi connectivity index (χ3v) is 4.80. The lowest BCUT2D eigenvalue weighted by atomic mass is 10.1. The number of carbonyl (C=O) groups excluding carboxylic acids is 1. The second-order valence-electron chi connectivity index (χ2n) is 5.16. The molecule has 5 nitrogen and oxygen atoms in total. The quantitative estimate of drug-likeness (QED) is 0.870. The van der Waals surface area contributed by atoms with Crippen molar-refractivity contribution in [2.24, 2.45) is 0 Å². The van der Waals surface area contributed by atoms with E-state index in [-0.39, 0.29) is 18.5 Å². The van der Waals surface area contributed by atoms with Gasteiger partial charge in [-0.25, -0.2) is 9.59 Å². The molecule has 2 amide bonds. The lowest BCUT2D eigenvalue weighted by Gasteiger charge is -2.26. The molecule has 1 aliphatic rings. The fourth-order valence-corrected chi connectivity index (χ4v) is 3.56. The van der Waals surface area contributed by atoms with Crippen LogP contribution in [0.15, 0.2) is 30.3 Å². The van der Waals surface area contributed by atoms with E-state index in [1.54, 1.807) is 11.9 Å². The Morgan fingerprint density at radius 3 is 2.71 bits per heavy atom. The fourth-order valence-electron chi connectivity index (χ4n) is 2.29. The van der Waals surface area contributed by atoms with Crippen LogP contribution >= 0.6 is 11.8 Å². The molecule has 0 radical (unpaired) electrons. The van der Waals surface area contributed by atoms with Crippen LogP contribution in [0.4, 0.5) is 4.79 Å². The van der Waals surface area contributed by atoms with Crippen LogP contribution < -0.4 is 5.32 Å². The summed E-state index contributed by atoms with van der Waals surface area (Å²) in [5.41, 5.74) is 0.893. The highest BCUT2D eigenvalue weighted by molar-refractivity contribution is 7.99. The third kappa shape index (κ3) is 4.39. The number of aliphatic carboxylic acids is 1. The first-order valence-corrected chi connectivity index (χ1v) is 8.11. The standard InChI is InChI=1S/C15H20N2O3S/c1-17(12-7-8-21-10-12)15(20)16-13(14(18)19)9-11-5-3-2-4-6-11/h2-6,12-13H,7-10H2,1H3,(H,16,20)(H,18,19)/t12?,13-/m1/s1. The van der Waals surface area contributed by atoms with E-state index in [0.717, 1.165) is 23.5 Å². The Hall–Kier alpha value is -1.69. The predicted octanol–water partition coefficient (Wildman–Crippen LogP) is 1.83. The zero-order chi connectivity index (χ0) is 15.2. The van der Waals surface area contributed by atoms with Crippen LogP contribution in [0.5, 0.6) is 0 Å². The number of urea groups is 1. The molecule has 0 bridgehead atoms. The van der Waals surface area contributed by atoms with Crippen LogP contribution in [0, 0.1) is 0 Å². The first kappa shape index (κ1) is 15.7. The summed E-state index contributed by atoms with van der Waals surface area (Å²) in [5, 5.41) is 11.9. The Bertz CT molecular complexity index is 489. The van der Waals surface area contributed by atoms with Crippen LogP contribution in [0.2, 0.25) is 0 Å². The number of thioether (sulfide) groups is 1. The van der Waals surface area contributed by atoms with Crippen LogP contribution in [-0.2, 0) is 11.2 Å². The molecular formula is C15H20N2O3S. The minimum absolute atomic E-state index is 0.196. The summed E-state index contributed by atoms with van der Waals surface area (Å²) < 4.78 is 0. The maximum Gasteiger partial charge on any atom is 0.326 e. The van der Waals surface area contributed by atoms with E-state index < -0.39 is 12.0 Å². The van der Waals surface area contributed by atoms with Gasteiger partial charge in [0.2, 0.25) is 0 Å². The van der Waals surface area contributed by atoms with E-state index in [4.69, 9.17) is 0 Å². The summed E-state index contributed by atoms with van der Waals surface area (Å²) >= 11 is 1.82. The van der Waals surface area contributed by atoms with Crippen LogP contribution in [0.25, 0.3) is 0 Å². The smallest absolute Gasteiger partial charge is 0.326 e. The zero-order valence-electron chi connectivity index (χ0n) is 12.0. The van der Waals surface area contributed by atoms with Gasteiger partial charge in [-0.05, 0) is 17.7 Å². The van der Waals surface area contributed by atoms with E-state index >= 15 is 0 Å². The van der Waals surface area contributed by atoms with Gasteiger partial charge in [0, 0.05) is 25.3 Å². The molecule has 1 fully saturated rings. The van der Waals surface area contributed by atoms with Crippen molar-refractivity contribution in [2.45, 2.75) is 24.9 Å². The van der Waals surface area contributed by atoms with Gasteiger partial charge in [0.15, 0.2) is 0 Å². The highest BCUT2D eigenvalue weighted by Crippen LogP contribution is 2.21. The molecule has 0 aromatic heterocycles. The summed E-state index contributed by atoms with van der Waals surface area (Å²) in [5.74, 6) is 0.955. The van der Waals surface area contributed by atoms with E-state index in [9.17, 15) is 14.7 Å². The molecule has 1 aromatic carbocycles. The molecule has 21 heavy (non-hydrogen) atoms. The Morgan fingerprint density at radius 1 is 1.43 bits per heavy atom. The van der Waals surface area contributed by atoms with Crippen LogP contribution in [0.3, 0.4) is 0 Å². The fraction of sp³-hybridized carbons (Fsp3) is 0.467. The molecule has 1 aromatic rings. The van der Waals surface area contributed by atoms with E-state index in [2.05, 4.69) is 5.32 Å². The van der Waals surface area contributed by atoms with Crippen molar-refractivity contribution in [1.82, 2.24) is 10.2 Å². The molecule has 2 atom stereocenters. The van der Waals surface area contributed by atoms with Crippen molar-refractivity contribution in [1.29, 1.82) is 0 Å². The monoisotopic (exact) mass is 308 g/mol. The Morgan fingerprint density at radius 2 is 2.14 bits per heavy atom. The molecule has 114 valence electrons. The van der Waals surface area contributed by atoms with Gasteiger partial charge in [-0.15, -0.1) is 0 Å². The molecular weight excluding hydrogens is 288 g/mol. The van der Waals surface area contributed by atoms with Crippen molar-refractivity contribution in [3.05, 3.63) is 35.9 Å². The van der Waals surface area contributed by atoms with Crippen molar-refractivity contribution >= 4 is 23.8 Å². The first-order valence-electron chi connectivity index (χ1n) is 6.95. The van der Waals surface area contributed by atoms with Crippen molar-refractivity contribution in [3.63, 3.8) is 0 Å². The SMILES string of the molecule is CN(C(=O)N[C@H](Cc1ccccc1)C(=O)O)C1CCSC1. The van der Waals surface area contributed by atoms with Crippen molar-refractivity contribution in [2.75, 3.05) is 18.6 Å². The number of nitrogens with one attached hydrogen (secondary N) is 1. The van der Waals surface area contributed by atoms with E-state index in [1.165, 1.54) is 0 Å². The number of carbonyl (C=O) groups is 2. The molecule has 1 unspecified atom stereocenters. The molecule has 6 heteroatoms. The Labute approximate surface area is 128 Å². The molecule has 1 saturated heterocycles. The average molecular weight is 308 g/mol. The highest BCUT2D eigenvalue weighted by atomic mass is 32.2. The van der Waals surface area contributed by atoms with Gasteiger partial charge in [-0.1, -0.05) is 30.3 Å². The Balaban J connectivity index is 1.95. The lowest BCUT2D eigenvalue weighted by molar-refractivity contribution is -0.139. The average Bonchev–Trinajstić information content (AvgIpc) is 3.00. The number of rotatable bonds is 5. The number of hydrogen-bond acceptors (Lipinski definition) is 3. The van der Waals surface area contributed by atoms with Gasteiger partial charge in [0.05, 0.1) is 0 Å². The number of nitrogens with zero attached hydrogens (tertiary/aromatic N) is 1. The molecule has 0 spiro atoms. The molecule has 1 heterocycles. The summed E-state index contributed by atoms with van der Waals surface area (Å²) in [4.78, 5) is 25.1. The Kier molecular flexibility index (Phi) is 5.50. The lowest BCUT2D eigenvalue weighted by Crippen LogP contribution is -2.50. The summed E-state index contributed by atoms with van der Waals surface area (Å²) in [7, 11) is 1.73. The number of amides is 2. The summed E-state index contributed by atoms with van der Waals surface area (Å²) in [6.45, 7) is 0. The van der Waals surface area contributed by atoms with Crippen molar-refractivity contribution in [3.8, 4) is 0 Å². The van der Waals surface area contributed by atoms with Crippen LogP contribution in [0.1, 0.15) is 12.0 Å². The zero-order valence-corrected chi connectivity index (χ0v) is 12.8. The minimum Gasteiger partial charge on any atom is -0.480 e. The van der Waals surface area contributed by atoms with E-state index in [0.29, 0.717) is 0 Å². The predicted molar refractivity (Wildman–Crippen MR) is 83.6 cm³/mol. The number of carboxylic acid groups (broad SMARTS) is 1. The molecule has 0 saturated carbocycles. The molecule has 0 aliphatic carbocycles. The van der Waals surface area contributed by atoms with Gasteiger partial charge in [-0.3, -0.25) is 0 Å². The maximum absolute atomic E-state index is 12.2. The van der Waals surface area contributed by atoms with Gasteiger partial charge < -0.3 is 15.3 Å². The van der Waals surface area contributed by atoms with Gasteiger partial charge >= 0.3 is 12.0 Å². The molecule has 2 N–H and O–H groups in total. The van der Waals surface area contributed by atoms with Gasteiger partial charge in [-0.2, -0.15) is 11.8 Å². The normalized spacial score (nSPS) is 19.0. The second-order valence-corrected chi connectivity index (χ2v) is 6.31. The van der Waals surface area contributed by atoms with Crippen LogP contribution in [-0.4, -0.2) is 52.6 Å². The maximum atomic E-state index is 12.2. The molecule has 2 rings (SSSR count). The first-order chi connectivity index (χ1) is 10.1.